The highest BCUT2D eigenvalue weighted by atomic mass is 16.3. The summed E-state index contributed by atoms with van der Waals surface area (Å²) in [6.45, 7) is 8.73. The number of rotatable bonds is 9. The van der Waals surface area contributed by atoms with Crippen LogP contribution in [0.25, 0.3) is 0 Å². The number of carbonyl (C=O) groups is 1. The predicted octanol–water partition coefficient (Wildman–Crippen LogP) is 1.57. The largest absolute Gasteiger partial charge is 0.508 e. The van der Waals surface area contributed by atoms with Crippen molar-refractivity contribution in [2.75, 3.05) is 37.6 Å². The topological polar surface area (TPSA) is 57.0 Å². The third-order valence-corrected chi connectivity index (χ3v) is 4.99. The Balaban J connectivity index is 1.65. The molecule has 140 valence electrons. The smallest absolute Gasteiger partial charge is 0.275 e. The van der Waals surface area contributed by atoms with Gasteiger partial charge in [0, 0.05) is 11.7 Å². The van der Waals surface area contributed by atoms with Crippen LogP contribution in [0.1, 0.15) is 46.0 Å². The first kappa shape index (κ1) is 19.6. The summed E-state index contributed by atoms with van der Waals surface area (Å²) < 4.78 is 0. The van der Waals surface area contributed by atoms with E-state index in [9.17, 15) is 9.90 Å². The second-order valence-corrected chi connectivity index (χ2v) is 7.25. The van der Waals surface area contributed by atoms with E-state index in [4.69, 9.17) is 0 Å². The minimum Gasteiger partial charge on any atom is -0.508 e. The molecule has 1 heterocycles. The number of unbranched alkanes of at least 4 members (excludes halogenated alkanes) is 3. The van der Waals surface area contributed by atoms with Crippen molar-refractivity contribution in [2.24, 2.45) is 0 Å². The van der Waals surface area contributed by atoms with Gasteiger partial charge in [0.25, 0.3) is 5.91 Å². The summed E-state index contributed by atoms with van der Waals surface area (Å²) in [5, 5.41) is 12.5. The Morgan fingerprint density at radius 3 is 2.52 bits per heavy atom. The average Bonchev–Trinajstić information content (AvgIpc) is 2.60. The number of phenols is 1. The lowest BCUT2D eigenvalue weighted by molar-refractivity contribution is -0.892. The van der Waals surface area contributed by atoms with Crippen LogP contribution in [0.4, 0.5) is 5.69 Å². The van der Waals surface area contributed by atoms with E-state index in [1.165, 1.54) is 30.6 Å². The first-order valence-corrected chi connectivity index (χ1v) is 9.75. The van der Waals surface area contributed by atoms with Crippen molar-refractivity contribution in [3.05, 3.63) is 24.3 Å². The van der Waals surface area contributed by atoms with Gasteiger partial charge in [-0.2, -0.15) is 0 Å². The minimum atomic E-state index is 0.177. The van der Waals surface area contributed by atoms with Crippen LogP contribution in [0.2, 0.25) is 0 Å². The van der Waals surface area contributed by atoms with E-state index in [0.717, 1.165) is 38.3 Å². The Morgan fingerprint density at radius 2 is 1.88 bits per heavy atom. The number of phenolic OH excluding ortho intramolecular Hbond substituents is 1. The molecule has 0 spiro atoms. The molecule has 1 saturated heterocycles. The second-order valence-electron chi connectivity index (χ2n) is 7.25. The molecule has 1 aliphatic rings. The van der Waals surface area contributed by atoms with Crippen molar-refractivity contribution < 1.29 is 14.8 Å². The maximum atomic E-state index is 12.2. The molecule has 25 heavy (non-hydrogen) atoms. The highest BCUT2D eigenvalue weighted by Gasteiger charge is 2.22. The number of carbonyl (C=O) groups excluding carboxylic acids is 1. The highest BCUT2D eigenvalue weighted by Crippen LogP contribution is 2.18. The van der Waals surface area contributed by atoms with Crippen LogP contribution < -0.4 is 15.1 Å². The fraction of sp³-hybridized carbons (Fsp3) is 0.650. The number of hydrogen-bond acceptors (Lipinski definition) is 3. The quantitative estimate of drug-likeness (QED) is 0.594. The summed E-state index contributed by atoms with van der Waals surface area (Å²) in [7, 11) is 0. The van der Waals surface area contributed by atoms with Gasteiger partial charge in [0.1, 0.15) is 5.75 Å². The number of hydrogen-bond donors (Lipinski definition) is 3. The number of piperazine rings is 1. The second kappa shape index (κ2) is 10.3. The first-order chi connectivity index (χ1) is 12.1. The third kappa shape index (κ3) is 6.94. The number of quaternary nitrogens is 1. The normalized spacial score (nSPS) is 16.6. The van der Waals surface area contributed by atoms with Gasteiger partial charge in [0.2, 0.25) is 0 Å². The summed E-state index contributed by atoms with van der Waals surface area (Å²) in [6, 6.07) is 7.64. The van der Waals surface area contributed by atoms with Crippen LogP contribution in [0.15, 0.2) is 24.3 Å². The monoisotopic (exact) mass is 348 g/mol. The summed E-state index contributed by atoms with van der Waals surface area (Å²) in [5.41, 5.74) is 1.14. The van der Waals surface area contributed by atoms with Gasteiger partial charge in [-0.15, -0.1) is 0 Å². The van der Waals surface area contributed by atoms with E-state index in [-0.39, 0.29) is 11.9 Å². The lowest BCUT2D eigenvalue weighted by atomic mass is 10.1. The van der Waals surface area contributed by atoms with Crippen molar-refractivity contribution in [1.29, 1.82) is 0 Å². The fourth-order valence-electron chi connectivity index (χ4n) is 3.42. The summed E-state index contributed by atoms with van der Waals surface area (Å²) in [5.74, 6) is 0.476. The lowest BCUT2D eigenvalue weighted by Crippen LogP contribution is -3.16. The van der Waals surface area contributed by atoms with Gasteiger partial charge in [-0.05, 0) is 37.6 Å². The van der Waals surface area contributed by atoms with E-state index in [1.54, 1.807) is 12.1 Å². The third-order valence-electron chi connectivity index (χ3n) is 4.99. The van der Waals surface area contributed by atoms with Crippen molar-refractivity contribution in [1.82, 2.24) is 5.32 Å². The zero-order chi connectivity index (χ0) is 18.1. The van der Waals surface area contributed by atoms with Crippen molar-refractivity contribution in [3.8, 4) is 5.75 Å². The van der Waals surface area contributed by atoms with Crippen molar-refractivity contribution in [3.63, 3.8) is 0 Å². The SMILES string of the molecule is CCCCCC[C@H](C)NC(=O)C[NH+]1CCN(c2ccc(O)cc2)CC1. The van der Waals surface area contributed by atoms with E-state index in [2.05, 4.69) is 24.1 Å². The molecule has 1 amide bonds. The molecule has 0 aliphatic carbocycles. The first-order valence-electron chi connectivity index (χ1n) is 9.75. The molecule has 0 aromatic heterocycles. The molecule has 5 heteroatoms. The van der Waals surface area contributed by atoms with Crippen molar-refractivity contribution in [2.45, 2.75) is 52.0 Å². The van der Waals surface area contributed by atoms with E-state index in [1.807, 2.05) is 12.1 Å². The Hall–Kier alpha value is -1.75. The molecule has 1 fully saturated rings. The highest BCUT2D eigenvalue weighted by molar-refractivity contribution is 5.77. The van der Waals surface area contributed by atoms with Crippen LogP contribution >= 0.6 is 0 Å². The molecule has 0 bridgehead atoms. The van der Waals surface area contributed by atoms with E-state index >= 15 is 0 Å². The molecule has 1 aromatic carbocycles. The molecular formula is C20H34N3O2+. The summed E-state index contributed by atoms with van der Waals surface area (Å²) in [6.07, 6.45) is 6.08. The van der Waals surface area contributed by atoms with Gasteiger partial charge < -0.3 is 20.2 Å². The van der Waals surface area contributed by atoms with Crippen LogP contribution in [0, 0.1) is 0 Å². The van der Waals surface area contributed by atoms with Gasteiger partial charge in [0.05, 0.1) is 26.2 Å². The Morgan fingerprint density at radius 1 is 1.20 bits per heavy atom. The van der Waals surface area contributed by atoms with Gasteiger partial charge in [0.15, 0.2) is 6.54 Å². The van der Waals surface area contributed by atoms with Crippen LogP contribution in [-0.4, -0.2) is 49.8 Å². The number of aromatic hydroxyl groups is 1. The zero-order valence-corrected chi connectivity index (χ0v) is 15.8. The molecule has 0 unspecified atom stereocenters. The molecule has 0 radical (unpaired) electrons. The van der Waals surface area contributed by atoms with Gasteiger partial charge in [-0.25, -0.2) is 0 Å². The Labute approximate surface area is 152 Å². The number of benzene rings is 1. The molecule has 5 nitrogen and oxygen atoms in total. The van der Waals surface area contributed by atoms with Crippen LogP contribution in [0.5, 0.6) is 5.75 Å². The van der Waals surface area contributed by atoms with Gasteiger partial charge in [-0.1, -0.05) is 32.6 Å². The molecule has 3 N–H and O–H groups in total. The van der Waals surface area contributed by atoms with Crippen LogP contribution in [-0.2, 0) is 4.79 Å². The number of nitrogens with one attached hydrogen (secondary N) is 2. The van der Waals surface area contributed by atoms with Gasteiger partial charge >= 0.3 is 0 Å². The fourth-order valence-corrected chi connectivity index (χ4v) is 3.42. The molecular weight excluding hydrogens is 314 g/mol. The number of amides is 1. The predicted molar refractivity (Wildman–Crippen MR) is 102 cm³/mol. The van der Waals surface area contributed by atoms with Crippen molar-refractivity contribution >= 4 is 11.6 Å². The maximum Gasteiger partial charge on any atom is 0.275 e. The van der Waals surface area contributed by atoms with E-state index in [0.29, 0.717) is 12.3 Å². The summed E-state index contributed by atoms with van der Waals surface area (Å²) in [4.78, 5) is 15.9. The zero-order valence-electron chi connectivity index (χ0n) is 15.8. The minimum absolute atomic E-state index is 0.177. The van der Waals surface area contributed by atoms with E-state index < -0.39 is 0 Å². The average molecular weight is 349 g/mol. The van der Waals surface area contributed by atoms with Crippen LogP contribution in [0.3, 0.4) is 0 Å². The lowest BCUT2D eigenvalue weighted by Gasteiger charge is -2.33. The Kier molecular flexibility index (Phi) is 8.06. The molecule has 2 rings (SSSR count). The summed E-state index contributed by atoms with van der Waals surface area (Å²) >= 11 is 0. The maximum absolute atomic E-state index is 12.2. The molecule has 1 aromatic rings. The number of nitrogens with zero attached hydrogens (tertiary/aromatic N) is 1. The molecule has 1 atom stereocenters. The Bertz CT molecular complexity index is 510. The standard InChI is InChI=1S/C20H33N3O2/c1-3-4-5-6-7-17(2)21-20(25)16-22-12-14-23(15-13-22)18-8-10-19(24)11-9-18/h8-11,17,24H,3-7,12-16H2,1-2H3,(H,21,25)/p+1/t17-/m0/s1. The van der Waals surface area contributed by atoms with Gasteiger partial charge in [-0.3, -0.25) is 4.79 Å². The molecule has 0 saturated carbocycles. The number of anilines is 1. The molecule has 1 aliphatic heterocycles.